The van der Waals surface area contributed by atoms with Gasteiger partial charge in [0.15, 0.2) is 0 Å². The van der Waals surface area contributed by atoms with Crippen LogP contribution in [0.4, 0.5) is 5.69 Å². The smallest absolute Gasteiger partial charge is 0.0772 e. The second-order valence-corrected chi connectivity index (χ2v) is 4.94. The molecule has 2 aromatic rings. The van der Waals surface area contributed by atoms with Crippen molar-refractivity contribution in [2.75, 3.05) is 11.4 Å². The number of aromatic nitrogens is 1. The van der Waals surface area contributed by atoms with Crippen molar-refractivity contribution in [2.24, 2.45) is 5.73 Å². The average Bonchev–Trinajstić information content (AvgIpc) is 2.97. The quantitative estimate of drug-likeness (QED) is 0.914. The molecule has 3 rings (SSSR count). The Bertz CT molecular complexity index is 539. The van der Waals surface area contributed by atoms with E-state index in [1.807, 2.05) is 12.3 Å². The van der Waals surface area contributed by atoms with Gasteiger partial charge in [-0.15, -0.1) is 0 Å². The molecule has 1 aliphatic heterocycles. The van der Waals surface area contributed by atoms with Gasteiger partial charge >= 0.3 is 0 Å². The summed E-state index contributed by atoms with van der Waals surface area (Å²) in [5.74, 6) is 0. The first-order valence-electron chi connectivity index (χ1n) is 6.85. The van der Waals surface area contributed by atoms with Gasteiger partial charge in [-0.3, -0.25) is 4.98 Å². The van der Waals surface area contributed by atoms with E-state index in [1.54, 1.807) is 0 Å². The van der Waals surface area contributed by atoms with E-state index in [2.05, 4.69) is 46.3 Å². The fourth-order valence-corrected chi connectivity index (χ4v) is 2.93. The SMILES string of the molecule is NCc1ncccc1N1CCCC1c1ccccc1. The van der Waals surface area contributed by atoms with Gasteiger partial charge in [0.2, 0.25) is 0 Å². The van der Waals surface area contributed by atoms with E-state index in [4.69, 9.17) is 5.73 Å². The molecule has 0 aliphatic carbocycles. The van der Waals surface area contributed by atoms with E-state index in [0.717, 1.165) is 12.2 Å². The summed E-state index contributed by atoms with van der Waals surface area (Å²) in [7, 11) is 0. The van der Waals surface area contributed by atoms with Crippen LogP contribution in [-0.4, -0.2) is 11.5 Å². The maximum Gasteiger partial charge on any atom is 0.0772 e. The topological polar surface area (TPSA) is 42.1 Å². The molecule has 1 atom stereocenters. The standard InChI is InChI=1S/C16H19N3/c17-12-14-16(8-4-10-18-14)19-11-5-9-15(19)13-6-2-1-3-7-13/h1-4,6-8,10,15H,5,9,11-12,17H2. The van der Waals surface area contributed by atoms with Gasteiger partial charge < -0.3 is 10.6 Å². The van der Waals surface area contributed by atoms with Crippen molar-refractivity contribution in [3.8, 4) is 0 Å². The van der Waals surface area contributed by atoms with Crippen molar-refractivity contribution in [2.45, 2.75) is 25.4 Å². The van der Waals surface area contributed by atoms with Gasteiger partial charge in [-0.1, -0.05) is 30.3 Å². The van der Waals surface area contributed by atoms with Gasteiger partial charge in [-0.2, -0.15) is 0 Å². The third-order valence-electron chi connectivity index (χ3n) is 3.81. The number of nitrogens with two attached hydrogens (primary N) is 1. The van der Waals surface area contributed by atoms with Gasteiger partial charge in [0.05, 0.1) is 17.4 Å². The Morgan fingerprint density at radius 1 is 1.16 bits per heavy atom. The van der Waals surface area contributed by atoms with Crippen LogP contribution in [0, 0.1) is 0 Å². The summed E-state index contributed by atoms with van der Waals surface area (Å²) in [6.45, 7) is 1.58. The number of hydrogen-bond acceptors (Lipinski definition) is 3. The minimum absolute atomic E-state index is 0.454. The summed E-state index contributed by atoms with van der Waals surface area (Å²) < 4.78 is 0. The first-order chi connectivity index (χ1) is 9.40. The van der Waals surface area contributed by atoms with Crippen LogP contribution in [0.1, 0.15) is 30.1 Å². The van der Waals surface area contributed by atoms with Crippen molar-refractivity contribution in [3.05, 3.63) is 59.9 Å². The molecule has 1 aliphatic rings. The molecule has 2 heterocycles. The summed E-state index contributed by atoms with van der Waals surface area (Å²) in [4.78, 5) is 6.85. The zero-order chi connectivity index (χ0) is 13.1. The van der Waals surface area contributed by atoms with Crippen molar-refractivity contribution in [1.82, 2.24) is 4.98 Å². The molecule has 2 N–H and O–H groups in total. The molecule has 1 unspecified atom stereocenters. The molecule has 0 bridgehead atoms. The van der Waals surface area contributed by atoms with E-state index in [-0.39, 0.29) is 0 Å². The minimum Gasteiger partial charge on any atom is -0.363 e. The van der Waals surface area contributed by atoms with Crippen molar-refractivity contribution < 1.29 is 0 Å². The van der Waals surface area contributed by atoms with E-state index in [1.165, 1.54) is 24.1 Å². The van der Waals surface area contributed by atoms with Crippen molar-refractivity contribution in [1.29, 1.82) is 0 Å². The van der Waals surface area contributed by atoms with Crippen molar-refractivity contribution >= 4 is 5.69 Å². The zero-order valence-electron chi connectivity index (χ0n) is 11.0. The molecule has 1 fully saturated rings. The van der Waals surface area contributed by atoms with Crippen LogP contribution in [0.3, 0.4) is 0 Å². The highest BCUT2D eigenvalue weighted by molar-refractivity contribution is 5.53. The fourth-order valence-electron chi connectivity index (χ4n) is 2.93. The summed E-state index contributed by atoms with van der Waals surface area (Å²) >= 11 is 0. The molecule has 19 heavy (non-hydrogen) atoms. The predicted molar refractivity (Wildman–Crippen MR) is 77.9 cm³/mol. The number of hydrogen-bond donors (Lipinski definition) is 1. The van der Waals surface area contributed by atoms with Gasteiger partial charge in [0.1, 0.15) is 0 Å². The average molecular weight is 253 g/mol. The summed E-state index contributed by atoms with van der Waals surface area (Å²) in [5, 5.41) is 0. The Morgan fingerprint density at radius 3 is 2.79 bits per heavy atom. The van der Waals surface area contributed by atoms with Crippen LogP contribution in [-0.2, 0) is 6.54 Å². The molecule has 1 aromatic heterocycles. The lowest BCUT2D eigenvalue weighted by molar-refractivity contribution is 0.713. The fraction of sp³-hybridized carbons (Fsp3) is 0.312. The van der Waals surface area contributed by atoms with Crippen LogP contribution in [0.2, 0.25) is 0 Å². The first kappa shape index (κ1) is 12.2. The van der Waals surface area contributed by atoms with Crippen molar-refractivity contribution in [3.63, 3.8) is 0 Å². The maximum atomic E-state index is 5.81. The lowest BCUT2D eigenvalue weighted by Gasteiger charge is -2.28. The van der Waals surface area contributed by atoms with Crippen LogP contribution in [0.15, 0.2) is 48.7 Å². The normalized spacial score (nSPS) is 18.8. The molecule has 1 saturated heterocycles. The lowest BCUT2D eigenvalue weighted by Crippen LogP contribution is -2.24. The van der Waals surface area contributed by atoms with Crippen LogP contribution in [0.25, 0.3) is 0 Å². The van der Waals surface area contributed by atoms with Gasteiger partial charge in [0, 0.05) is 19.3 Å². The van der Waals surface area contributed by atoms with Crippen LogP contribution >= 0.6 is 0 Å². The number of anilines is 1. The third kappa shape index (κ3) is 2.34. The second-order valence-electron chi connectivity index (χ2n) is 4.94. The lowest BCUT2D eigenvalue weighted by atomic mass is 10.0. The zero-order valence-corrected chi connectivity index (χ0v) is 11.0. The molecular formula is C16H19N3. The van der Waals surface area contributed by atoms with E-state index >= 15 is 0 Å². The Kier molecular flexibility index (Phi) is 3.47. The van der Waals surface area contributed by atoms with Crippen LogP contribution < -0.4 is 10.6 Å². The first-order valence-corrected chi connectivity index (χ1v) is 6.85. The number of benzene rings is 1. The molecule has 0 saturated carbocycles. The highest BCUT2D eigenvalue weighted by Gasteiger charge is 2.27. The second kappa shape index (κ2) is 5.41. The monoisotopic (exact) mass is 253 g/mol. The Balaban J connectivity index is 1.95. The Morgan fingerprint density at radius 2 is 2.00 bits per heavy atom. The molecule has 3 nitrogen and oxygen atoms in total. The number of rotatable bonds is 3. The molecule has 3 heteroatoms. The van der Waals surface area contributed by atoms with E-state index in [9.17, 15) is 0 Å². The van der Waals surface area contributed by atoms with Crippen LogP contribution in [0.5, 0.6) is 0 Å². The molecule has 0 radical (unpaired) electrons. The highest BCUT2D eigenvalue weighted by atomic mass is 15.2. The van der Waals surface area contributed by atoms with E-state index in [0.29, 0.717) is 12.6 Å². The minimum atomic E-state index is 0.454. The van der Waals surface area contributed by atoms with E-state index < -0.39 is 0 Å². The maximum absolute atomic E-state index is 5.81. The number of pyridine rings is 1. The van der Waals surface area contributed by atoms with Gasteiger partial charge in [-0.25, -0.2) is 0 Å². The Hall–Kier alpha value is -1.87. The summed E-state index contributed by atoms with van der Waals surface area (Å²) in [6, 6.07) is 15.3. The molecule has 0 amide bonds. The molecule has 0 spiro atoms. The summed E-state index contributed by atoms with van der Waals surface area (Å²) in [5.41, 5.74) is 9.38. The molecule has 1 aromatic carbocycles. The molecular weight excluding hydrogens is 234 g/mol. The largest absolute Gasteiger partial charge is 0.363 e. The highest BCUT2D eigenvalue weighted by Crippen LogP contribution is 2.36. The third-order valence-corrected chi connectivity index (χ3v) is 3.81. The molecule has 98 valence electrons. The van der Waals surface area contributed by atoms with Gasteiger partial charge in [0.25, 0.3) is 0 Å². The summed E-state index contributed by atoms with van der Waals surface area (Å²) in [6.07, 6.45) is 4.24. The Labute approximate surface area is 114 Å². The van der Waals surface area contributed by atoms with Gasteiger partial charge in [-0.05, 0) is 30.5 Å². The number of nitrogens with zero attached hydrogens (tertiary/aromatic N) is 2. The predicted octanol–water partition coefficient (Wildman–Crippen LogP) is 2.88.